The number of benzene rings is 1. The van der Waals surface area contributed by atoms with E-state index in [4.69, 9.17) is 0 Å². The number of hydrogen-bond donors (Lipinski definition) is 1. The van der Waals surface area contributed by atoms with Crippen LogP contribution in [0.3, 0.4) is 0 Å². The van der Waals surface area contributed by atoms with Gasteiger partial charge in [0.25, 0.3) is 0 Å². The Morgan fingerprint density at radius 2 is 2.10 bits per heavy atom. The van der Waals surface area contributed by atoms with Gasteiger partial charge in [0.1, 0.15) is 11.4 Å². The molecule has 2 rings (SSSR count). The van der Waals surface area contributed by atoms with Crippen molar-refractivity contribution < 1.29 is 4.92 Å². The van der Waals surface area contributed by atoms with E-state index in [0.29, 0.717) is 11.7 Å². The van der Waals surface area contributed by atoms with Gasteiger partial charge >= 0.3 is 5.69 Å². The van der Waals surface area contributed by atoms with Crippen LogP contribution in [0.5, 0.6) is 0 Å². The Kier molecular flexibility index (Phi) is 4.82. The Hall–Kier alpha value is -1.78. The van der Waals surface area contributed by atoms with Gasteiger partial charge in [-0.1, -0.05) is 25.8 Å². The molecule has 0 amide bonds. The second kappa shape index (κ2) is 6.59. The van der Waals surface area contributed by atoms with Crippen LogP contribution in [-0.4, -0.2) is 24.6 Å². The molecule has 0 bridgehead atoms. The zero-order valence-electron chi connectivity index (χ0n) is 12.3. The highest BCUT2D eigenvalue weighted by atomic mass is 16.6. The number of para-hydroxylation sites is 1. The third-order valence-electron chi connectivity index (χ3n) is 4.02. The van der Waals surface area contributed by atoms with E-state index in [2.05, 4.69) is 10.2 Å². The fourth-order valence-corrected chi connectivity index (χ4v) is 2.90. The summed E-state index contributed by atoms with van der Waals surface area (Å²) in [5.74, 6) is 0. The highest BCUT2D eigenvalue weighted by Gasteiger charge is 2.27. The van der Waals surface area contributed by atoms with E-state index in [1.54, 1.807) is 6.07 Å². The van der Waals surface area contributed by atoms with Crippen LogP contribution in [0, 0.1) is 10.1 Å². The molecule has 0 unspecified atom stereocenters. The summed E-state index contributed by atoms with van der Waals surface area (Å²) >= 11 is 0. The van der Waals surface area contributed by atoms with Gasteiger partial charge in [0.05, 0.1) is 4.92 Å². The number of anilines is 2. The summed E-state index contributed by atoms with van der Waals surface area (Å²) < 4.78 is 0. The molecular formula is C15H23N3O2. The molecule has 0 saturated heterocycles. The molecule has 0 aliphatic heterocycles. The Bertz CT molecular complexity index is 470. The van der Waals surface area contributed by atoms with E-state index < -0.39 is 0 Å². The summed E-state index contributed by atoms with van der Waals surface area (Å²) in [7, 11) is 1.97. The zero-order chi connectivity index (χ0) is 14.5. The van der Waals surface area contributed by atoms with Gasteiger partial charge in [0.15, 0.2) is 0 Å². The predicted octanol–water partition coefficient (Wildman–Crippen LogP) is 3.80. The van der Waals surface area contributed by atoms with Crippen LogP contribution in [-0.2, 0) is 0 Å². The quantitative estimate of drug-likeness (QED) is 0.634. The smallest absolute Gasteiger partial charge is 0.315 e. The van der Waals surface area contributed by atoms with Crippen molar-refractivity contribution in [2.75, 3.05) is 23.8 Å². The molecule has 1 aromatic rings. The summed E-state index contributed by atoms with van der Waals surface area (Å²) in [5, 5.41) is 14.6. The minimum atomic E-state index is -0.265. The van der Waals surface area contributed by atoms with Crippen LogP contribution in [0.15, 0.2) is 18.2 Å². The Balaban J connectivity index is 2.33. The highest BCUT2D eigenvalue weighted by Crippen LogP contribution is 2.38. The molecule has 1 fully saturated rings. The van der Waals surface area contributed by atoms with E-state index in [1.165, 1.54) is 12.8 Å². The average Bonchev–Trinajstić information content (AvgIpc) is 2.97. The van der Waals surface area contributed by atoms with Crippen molar-refractivity contribution >= 4 is 17.1 Å². The molecule has 1 N–H and O–H groups in total. The number of nitro benzene ring substituents is 1. The summed E-state index contributed by atoms with van der Waals surface area (Å²) in [6.07, 6.45) is 5.63. The van der Waals surface area contributed by atoms with Crippen LogP contribution >= 0.6 is 0 Å². The summed E-state index contributed by atoms with van der Waals surface area (Å²) in [4.78, 5) is 13.3. The van der Waals surface area contributed by atoms with Gasteiger partial charge in [-0.05, 0) is 31.4 Å². The molecule has 0 spiro atoms. The van der Waals surface area contributed by atoms with Gasteiger partial charge in [0, 0.05) is 19.6 Å². The fraction of sp³-hybridized carbons (Fsp3) is 0.600. The van der Waals surface area contributed by atoms with Gasteiger partial charge in [-0.2, -0.15) is 0 Å². The summed E-state index contributed by atoms with van der Waals surface area (Å²) in [6.45, 7) is 2.80. The van der Waals surface area contributed by atoms with E-state index >= 15 is 0 Å². The molecule has 1 aromatic carbocycles. The predicted molar refractivity (Wildman–Crippen MR) is 82.5 cm³/mol. The number of nitro groups is 1. The van der Waals surface area contributed by atoms with E-state index in [9.17, 15) is 10.1 Å². The maximum atomic E-state index is 11.5. The van der Waals surface area contributed by atoms with Crippen LogP contribution in [0.4, 0.5) is 17.1 Å². The number of nitrogens with zero attached hydrogens (tertiary/aromatic N) is 2. The SMILES string of the molecule is CCCNc1cccc(N(C)C2CCCC2)c1[N+](=O)[O-]. The van der Waals surface area contributed by atoms with Crippen molar-refractivity contribution in [2.24, 2.45) is 0 Å². The third kappa shape index (κ3) is 3.03. The summed E-state index contributed by atoms with van der Waals surface area (Å²) in [6, 6.07) is 5.97. The molecule has 1 aliphatic rings. The van der Waals surface area contributed by atoms with E-state index in [1.807, 2.05) is 26.1 Å². The third-order valence-corrected chi connectivity index (χ3v) is 4.02. The van der Waals surface area contributed by atoms with Crippen LogP contribution in [0.25, 0.3) is 0 Å². The maximum Gasteiger partial charge on any atom is 0.315 e. The Morgan fingerprint density at radius 1 is 1.40 bits per heavy atom. The largest absolute Gasteiger partial charge is 0.379 e. The molecule has 1 aliphatic carbocycles. The molecule has 20 heavy (non-hydrogen) atoms. The maximum absolute atomic E-state index is 11.5. The normalized spacial score (nSPS) is 15.3. The first-order valence-electron chi connectivity index (χ1n) is 7.39. The lowest BCUT2D eigenvalue weighted by molar-refractivity contribution is -0.383. The van der Waals surface area contributed by atoms with Crippen LogP contribution in [0.1, 0.15) is 39.0 Å². The van der Waals surface area contributed by atoms with Crippen molar-refractivity contribution in [3.63, 3.8) is 0 Å². The Morgan fingerprint density at radius 3 is 2.70 bits per heavy atom. The summed E-state index contributed by atoms with van der Waals surface area (Å²) in [5.41, 5.74) is 1.55. The van der Waals surface area contributed by atoms with Gasteiger partial charge in [0.2, 0.25) is 0 Å². The highest BCUT2D eigenvalue weighted by molar-refractivity contribution is 5.77. The molecule has 0 heterocycles. The molecule has 110 valence electrons. The minimum absolute atomic E-state index is 0.204. The molecule has 5 nitrogen and oxygen atoms in total. The number of rotatable bonds is 6. The van der Waals surface area contributed by atoms with Crippen LogP contribution < -0.4 is 10.2 Å². The first kappa shape index (κ1) is 14.6. The molecule has 0 aromatic heterocycles. The van der Waals surface area contributed by atoms with Gasteiger partial charge in [-0.3, -0.25) is 10.1 Å². The zero-order valence-corrected chi connectivity index (χ0v) is 12.3. The minimum Gasteiger partial charge on any atom is -0.379 e. The van der Waals surface area contributed by atoms with E-state index in [-0.39, 0.29) is 10.6 Å². The lowest BCUT2D eigenvalue weighted by Crippen LogP contribution is -2.29. The molecule has 5 heteroatoms. The second-order valence-electron chi connectivity index (χ2n) is 5.41. The van der Waals surface area contributed by atoms with Gasteiger partial charge in [-0.25, -0.2) is 0 Å². The van der Waals surface area contributed by atoms with E-state index in [0.717, 1.165) is 31.5 Å². The van der Waals surface area contributed by atoms with Crippen LogP contribution in [0.2, 0.25) is 0 Å². The van der Waals surface area contributed by atoms with Crippen molar-refractivity contribution in [2.45, 2.75) is 45.1 Å². The van der Waals surface area contributed by atoms with Crippen molar-refractivity contribution in [1.82, 2.24) is 0 Å². The molecule has 0 radical (unpaired) electrons. The standard InChI is InChI=1S/C15H23N3O2/c1-3-11-16-13-9-6-10-14(15(13)18(19)20)17(2)12-7-4-5-8-12/h6,9-10,12,16H,3-5,7-8,11H2,1-2H3. The first-order chi connectivity index (χ1) is 9.65. The average molecular weight is 277 g/mol. The monoisotopic (exact) mass is 277 g/mol. The lowest BCUT2D eigenvalue weighted by Gasteiger charge is -2.26. The second-order valence-corrected chi connectivity index (χ2v) is 5.41. The topological polar surface area (TPSA) is 58.4 Å². The molecule has 1 saturated carbocycles. The number of hydrogen-bond acceptors (Lipinski definition) is 4. The van der Waals surface area contributed by atoms with Crippen molar-refractivity contribution in [3.05, 3.63) is 28.3 Å². The lowest BCUT2D eigenvalue weighted by atomic mass is 10.1. The van der Waals surface area contributed by atoms with Crippen molar-refractivity contribution in [1.29, 1.82) is 0 Å². The van der Waals surface area contributed by atoms with Gasteiger partial charge < -0.3 is 10.2 Å². The fourth-order valence-electron chi connectivity index (χ4n) is 2.90. The first-order valence-corrected chi connectivity index (χ1v) is 7.39. The Labute approximate surface area is 120 Å². The molecule has 0 atom stereocenters. The number of nitrogens with one attached hydrogen (secondary N) is 1. The van der Waals surface area contributed by atoms with Crippen molar-refractivity contribution in [3.8, 4) is 0 Å². The van der Waals surface area contributed by atoms with Gasteiger partial charge in [-0.15, -0.1) is 0 Å². The molecular weight excluding hydrogens is 254 g/mol.